The number of ether oxygens (including phenoxy) is 2. The summed E-state index contributed by atoms with van der Waals surface area (Å²) in [5, 5.41) is 0. The summed E-state index contributed by atoms with van der Waals surface area (Å²) in [5.41, 5.74) is 6.87. The number of hydrogen-bond donors (Lipinski definition) is 1. The molecule has 2 unspecified atom stereocenters. The van der Waals surface area contributed by atoms with E-state index in [4.69, 9.17) is 15.2 Å². The lowest BCUT2D eigenvalue weighted by Crippen LogP contribution is -2.18. The van der Waals surface area contributed by atoms with E-state index in [-0.39, 0.29) is 6.10 Å². The predicted molar refractivity (Wildman–Crippen MR) is 74.8 cm³/mol. The van der Waals surface area contributed by atoms with Gasteiger partial charge in [0.15, 0.2) is 0 Å². The second kappa shape index (κ2) is 8.11. The fourth-order valence-electron chi connectivity index (χ4n) is 2.00. The van der Waals surface area contributed by atoms with Crippen LogP contribution in [-0.2, 0) is 4.74 Å². The van der Waals surface area contributed by atoms with Gasteiger partial charge >= 0.3 is 0 Å². The summed E-state index contributed by atoms with van der Waals surface area (Å²) in [7, 11) is 1.67. The van der Waals surface area contributed by atoms with E-state index in [0.717, 1.165) is 17.9 Å². The molecule has 3 heteroatoms. The van der Waals surface area contributed by atoms with Crippen molar-refractivity contribution >= 4 is 0 Å². The molecular weight excluding hydrogens is 226 g/mol. The van der Waals surface area contributed by atoms with Crippen molar-refractivity contribution < 1.29 is 9.47 Å². The molecule has 2 N–H and O–H groups in total. The van der Waals surface area contributed by atoms with Gasteiger partial charge in [0.2, 0.25) is 0 Å². The number of rotatable bonds is 8. The zero-order chi connectivity index (χ0) is 13.4. The average molecular weight is 251 g/mol. The van der Waals surface area contributed by atoms with Gasteiger partial charge in [-0.15, -0.1) is 0 Å². The van der Waals surface area contributed by atoms with Crippen molar-refractivity contribution in [2.75, 3.05) is 20.3 Å². The minimum Gasteiger partial charge on any atom is -0.497 e. The normalized spacial score (nSPS) is 14.2. The van der Waals surface area contributed by atoms with Gasteiger partial charge in [-0.25, -0.2) is 0 Å². The first-order valence-electron chi connectivity index (χ1n) is 6.66. The molecule has 3 nitrogen and oxygen atoms in total. The summed E-state index contributed by atoms with van der Waals surface area (Å²) < 4.78 is 11.1. The fourth-order valence-corrected chi connectivity index (χ4v) is 2.00. The van der Waals surface area contributed by atoms with E-state index in [2.05, 4.69) is 13.8 Å². The lowest BCUT2D eigenvalue weighted by molar-refractivity contribution is 0.0350. The molecule has 1 rings (SSSR count). The predicted octanol–water partition coefficient (Wildman–Crippen LogP) is 3.15. The number of methoxy groups -OCH3 is 1. The van der Waals surface area contributed by atoms with Crippen molar-refractivity contribution in [3.05, 3.63) is 29.8 Å². The van der Waals surface area contributed by atoms with Gasteiger partial charge in [-0.3, -0.25) is 0 Å². The average Bonchev–Trinajstić information content (AvgIpc) is 2.40. The molecule has 0 bridgehead atoms. The first-order chi connectivity index (χ1) is 8.71. The molecule has 0 amide bonds. The number of benzene rings is 1. The molecule has 0 saturated heterocycles. The van der Waals surface area contributed by atoms with Gasteiger partial charge < -0.3 is 15.2 Å². The Kier molecular flexibility index (Phi) is 6.76. The Morgan fingerprint density at radius 1 is 1.33 bits per heavy atom. The van der Waals surface area contributed by atoms with E-state index in [1.807, 2.05) is 24.3 Å². The van der Waals surface area contributed by atoms with Crippen LogP contribution < -0.4 is 10.5 Å². The third-order valence-electron chi connectivity index (χ3n) is 3.04. The quantitative estimate of drug-likeness (QED) is 0.772. The van der Waals surface area contributed by atoms with Gasteiger partial charge in [0, 0.05) is 6.54 Å². The molecule has 2 atom stereocenters. The monoisotopic (exact) mass is 251 g/mol. The molecular formula is C15H25NO2. The maximum absolute atomic E-state index is 5.91. The lowest BCUT2D eigenvalue weighted by atomic mass is 10.1. The van der Waals surface area contributed by atoms with Gasteiger partial charge in [-0.2, -0.15) is 0 Å². The maximum atomic E-state index is 5.91. The smallest absolute Gasteiger partial charge is 0.119 e. The molecule has 102 valence electrons. The van der Waals surface area contributed by atoms with Crippen molar-refractivity contribution in [2.24, 2.45) is 11.7 Å². The molecule has 18 heavy (non-hydrogen) atoms. The van der Waals surface area contributed by atoms with Crippen LogP contribution in [0.25, 0.3) is 0 Å². The van der Waals surface area contributed by atoms with Crippen molar-refractivity contribution in [3.8, 4) is 5.75 Å². The minimum absolute atomic E-state index is 0.0422. The zero-order valence-corrected chi connectivity index (χ0v) is 11.7. The summed E-state index contributed by atoms with van der Waals surface area (Å²) in [6.45, 7) is 5.65. The molecule has 0 spiro atoms. The third-order valence-corrected chi connectivity index (χ3v) is 3.04. The van der Waals surface area contributed by atoms with Crippen molar-refractivity contribution in [3.63, 3.8) is 0 Å². The Morgan fingerprint density at radius 2 is 2.11 bits per heavy atom. The molecule has 1 aromatic carbocycles. The Bertz CT molecular complexity index is 341. The van der Waals surface area contributed by atoms with Crippen LogP contribution in [-0.4, -0.2) is 20.3 Å². The Balaban J connectivity index is 2.59. The second-order valence-electron chi connectivity index (χ2n) is 4.73. The molecule has 0 aliphatic carbocycles. The van der Waals surface area contributed by atoms with Crippen LogP contribution in [0.3, 0.4) is 0 Å². The molecule has 1 aromatic rings. The highest BCUT2D eigenvalue weighted by Crippen LogP contribution is 2.22. The maximum Gasteiger partial charge on any atom is 0.119 e. The Morgan fingerprint density at radius 3 is 2.72 bits per heavy atom. The summed E-state index contributed by atoms with van der Waals surface area (Å²) in [6.07, 6.45) is 2.34. The van der Waals surface area contributed by atoms with E-state index < -0.39 is 0 Å². The molecule has 0 aliphatic heterocycles. The second-order valence-corrected chi connectivity index (χ2v) is 4.73. The third kappa shape index (κ3) is 4.67. The first-order valence-corrected chi connectivity index (χ1v) is 6.66. The molecule has 0 saturated carbocycles. The Labute approximate surface area is 110 Å². The van der Waals surface area contributed by atoms with Crippen molar-refractivity contribution in [1.29, 1.82) is 0 Å². The lowest BCUT2D eigenvalue weighted by Gasteiger charge is -2.19. The minimum atomic E-state index is -0.0422. The molecule has 0 heterocycles. The van der Waals surface area contributed by atoms with Gasteiger partial charge in [-0.05, 0) is 30.0 Å². The summed E-state index contributed by atoms with van der Waals surface area (Å²) in [6, 6.07) is 7.92. The summed E-state index contributed by atoms with van der Waals surface area (Å²) >= 11 is 0. The zero-order valence-electron chi connectivity index (χ0n) is 11.7. The molecule has 0 aromatic heterocycles. The van der Waals surface area contributed by atoms with Crippen LogP contribution in [0.1, 0.15) is 38.4 Å². The van der Waals surface area contributed by atoms with E-state index in [9.17, 15) is 0 Å². The van der Waals surface area contributed by atoms with Gasteiger partial charge in [0.05, 0.1) is 19.8 Å². The fraction of sp³-hybridized carbons (Fsp3) is 0.600. The summed E-state index contributed by atoms with van der Waals surface area (Å²) in [5.74, 6) is 1.42. The topological polar surface area (TPSA) is 44.5 Å². The van der Waals surface area contributed by atoms with E-state index in [1.54, 1.807) is 7.11 Å². The largest absolute Gasteiger partial charge is 0.497 e. The summed E-state index contributed by atoms with van der Waals surface area (Å²) in [4.78, 5) is 0. The van der Waals surface area contributed by atoms with E-state index in [0.29, 0.717) is 12.5 Å². The first kappa shape index (κ1) is 15.0. The van der Waals surface area contributed by atoms with Crippen LogP contribution in [0.5, 0.6) is 5.75 Å². The van der Waals surface area contributed by atoms with Gasteiger partial charge in [0.25, 0.3) is 0 Å². The van der Waals surface area contributed by atoms with Crippen LogP contribution in [0.2, 0.25) is 0 Å². The molecule has 0 aliphatic rings. The van der Waals surface area contributed by atoms with E-state index >= 15 is 0 Å². The van der Waals surface area contributed by atoms with Crippen LogP contribution >= 0.6 is 0 Å². The highest BCUT2D eigenvalue weighted by Gasteiger charge is 2.12. The number of hydrogen-bond acceptors (Lipinski definition) is 3. The highest BCUT2D eigenvalue weighted by atomic mass is 16.5. The SMILES string of the molecule is CCCC(C)COC(CN)c1cccc(OC)c1. The highest BCUT2D eigenvalue weighted by molar-refractivity contribution is 5.30. The van der Waals surface area contributed by atoms with Crippen molar-refractivity contribution in [1.82, 2.24) is 0 Å². The van der Waals surface area contributed by atoms with E-state index in [1.165, 1.54) is 12.8 Å². The van der Waals surface area contributed by atoms with Gasteiger partial charge in [0.1, 0.15) is 5.75 Å². The Hall–Kier alpha value is -1.06. The van der Waals surface area contributed by atoms with Crippen LogP contribution in [0.4, 0.5) is 0 Å². The van der Waals surface area contributed by atoms with Crippen molar-refractivity contribution in [2.45, 2.75) is 32.8 Å². The van der Waals surface area contributed by atoms with Crippen LogP contribution in [0.15, 0.2) is 24.3 Å². The van der Waals surface area contributed by atoms with Crippen LogP contribution in [0, 0.1) is 5.92 Å². The van der Waals surface area contributed by atoms with Gasteiger partial charge in [-0.1, -0.05) is 32.4 Å². The number of nitrogens with two attached hydrogens (primary N) is 1. The molecule has 0 fully saturated rings. The standard InChI is InChI=1S/C15H25NO2/c1-4-6-12(2)11-18-15(10-16)13-7-5-8-14(9-13)17-3/h5,7-9,12,15H,4,6,10-11,16H2,1-3H3. The molecule has 0 radical (unpaired) electrons.